The molecule has 0 aromatic rings. The standard InChI is InChI=1S/C16H25NO4S/c1-4-7-15(14(2)18)8-5-13-22(20,21)17-11-6-9-16(3,19)10-12-17/h4-5,7-8,13,19H,6,9-12H2,1-3H3/b7-4-,13-5+,15-8+. The van der Waals surface area contributed by atoms with Crippen LogP contribution in [-0.4, -0.2) is 42.3 Å². The molecule has 1 N–H and O–H groups in total. The molecule has 1 heterocycles. The predicted molar refractivity (Wildman–Crippen MR) is 87.7 cm³/mol. The number of sulfonamides is 1. The SMILES string of the molecule is C\C=C/C(=C\C=C\S(=O)(=O)N1CCCC(C)(O)CC1)C(C)=O. The van der Waals surface area contributed by atoms with Crippen LogP contribution in [0.1, 0.15) is 40.0 Å². The number of hydrogen-bond acceptors (Lipinski definition) is 4. The molecule has 1 aliphatic heterocycles. The fourth-order valence-corrected chi connectivity index (χ4v) is 3.47. The van der Waals surface area contributed by atoms with Gasteiger partial charge in [0.25, 0.3) is 0 Å². The highest BCUT2D eigenvalue weighted by atomic mass is 32.2. The van der Waals surface area contributed by atoms with E-state index in [0.717, 1.165) is 5.41 Å². The average molecular weight is 327 g/mol. The molecule has 1 atom stereocenters. The average Bonchev–Trinajstić information content (AvgIpc) is 2.58. The van der Waals surface area contributed by atoms with Gasteiger partial charge in [-0.25, -0.2) is 8.42 Å². The Balaban J connectivity index is 2.84. The third-order valence-electron chi connectivity index (χ3n) is 3.66. The van der Waals surface area contributed by atoms with Gasteiger partial charge in [-0.1, -0.05) is 18.2 Å². The zero-order valence-electron chi connectivity index (χ0n) is 13.4. The van der Waals surface area contributed by atoms with Crippen LogP contribution in [-0.2, 0) is 14.8 Å². The molecule has 0 bridgehead atoms. The smallest absolute Gasteiger partial charge is 0.236 e. The Morgan fingerprint density at radius 2 is 1.95 bits per heavy atom. The molecular formula is C16H25NO4S. The Hall–Kier alpha value is -1.24. The lowest BCUT2D eigenvalue weighted by Crippen LogP contribution is -2.32. The summed E-state index contributed by atoms with van der Waals surface area (Å²) in [7, 11) is -3.53. The van der Waals surface area contributed by atoms with E-state index < -0.39 is 15.6 Å². The molecule has 1 unspecified atom stereocenters. The molecule has 0 aromatic heterocycles. The number of nitrogens with zero attached hydrogens (tertiary/aromatic N) is 1. The van der Waals surface area contributed by atoms with E-state index in [1.807, 2.05) is 0 Å². The van der Waals surface area contributed by atoms with E-state index in [-0.39, 0.29) is 5.78 Å². The van der Waals surface area contributed by atoms with Gasteiger partial charge < -0.3 is 5.11 Å². The quantitative estimate of drug-likeness (QED) is 0.620. The largest absolute Gasteiger partial charge is 0.390 e. The zero-order valence-corrected chi connectivity index (χ0v) is 14.3. The second kappa shape index (κ2) is 7.85. The lowest BCUT2D eigenvalue weighted by Gasteiger charge is -2.21. The topological polar surface area (TPSA) is 74.7 Å². The molecule has 1 aliphatic rings. The van der Waals surface area contributed by atoms with Gasteiger partial charge >= 0.3 is 0 Å². The first-order valence-electron chi connectivity index (χ1n) is 7.42. The molecule has 1 saturated heterocycles. The third kappa shape index (κ3) is 5.87. The van der Waals surface area contributed by atoms with Crippen molar-refractivity contribution in [2.24, 2.45) is 0 Å². The first kappa shape index (κ1) is 18.8. The number of aliphatic hydroxyl groups is 1. The molecular weight excluding hydrogens is 302 g/mol. The molecule has 0 aromatic carbocycles. The molecule has 1 rings (SSSR count). The molecule has 5 nitrogen and oxygen atoms in total. The van der Waals surface area contributed by atoms with Crippen LogP contribution in [0.15, 0.2) is 35.3 Å². The number of hydrogen-bond donors (Lipinski definition) is 1. The van der Waals surface area contributed by atoms with E-state index in [2.05, 4.69) is 0 Å². The Morgan fingerprint density at radius 3 is 2.55 bits per heavy atom. The summed E-state index contributed by atoms with van der Waals surface area (Å²) in [5, 5.41) is 11.1. The van der Waals surface area contributed by atoms with Crippen molar-refractivity contribution in [1.82, 2.24) is 4.31 Å². The van der Waals surface area contributed by atoms with E-state index in [4.69, 9.17) is 0 Å². The summed E-state index contributed by atoms with van der Waals surface area (Å²) in [4.78, 5) is 11.4. The number of carbonyl (C=O) groups is 1. The summed E-state index contributed by atoms with van der Waals surface area (Å²) >= 11 is 0. The minimum atomic E-state index is -3.53. The van der Waals surface area contributed by atoms with Crippen LogP contribution in [0, 0.1) is 0 Å². The molecule has 22 heavy (non-hydrogen) atoms. The highest BCUT2D eigenvalue weighted by Gasteiger charge is 2.29. The molecule has 0 saturated carbocycles. The van der Waals surface area contributed by atoms with Crippen molar-refractivity contribution in [2.45, 2.75) is 45.6 Å². The lowest BCUT2D eigenvalue weighted by atomic mass is 9.98. The van der Waals surface area contributed by atoms with Crippen LogP contribution in [0.3, 0.4) is 0 Å². The van der Waals surface area contributed by atoms with E-state index in [1.165, 1.54) is 23.4 Å². The Kier molecular flexibility index (Phi) is 6.71. The van der Waals surface area contributed by atoms with Crippen molar-refractivity contribution in [3.8, 4) is 0 Å². The molecule has 1 fully saturated rings. The Morgan fingerprint density at radius 1 is 1.27 bits per heavy atom. The van der Waals surface area contributed by atoms with Gasteiger partial charge in [0.15, 0.2) is 5.78 Å². The Labute approximate surface area is 133 Å². The van der Waals surface area contributed by atoms with Crippen molar-refractivity contribution < 1.29 is 18.3 Å². The van der Waals surface area contributed by atoms with Crippen LogP contribution in [0.2, 0.25) is 0 Å². The normalized spacial score (nSPS) is 25.7. The van der Waals surface area contributed by atoms with Crippen LogP contribution in [0.4, 0.5) is 0 Å². The lowest BCUT2D eigenvalue weighted by molar-refractivity contribution is -0.113. The minimum absolute atomic E-state index is 0.119. The number of ketones is 1. The van der Waals surface area contributed by atoms with Gasteiger partial charge in [-0.3, -0.25) is 4.79 Å². The summed E-state index contributed by atoms with van der Waals surface area (Å²) < 4.78 is 25.9. The van der Waals surface area contributed by atoms with Crippen molar-refractivity contribution in [3.63, 3.8) is 0 Å². The van der Waals surface area contributed by atoms with E-state index in [0.29, 0.717) is 37.9 Å². The number of rotatable bonds is 5. The fourth-order valence-electron chi connectivity index (χ4n) is 2.29. The van der Waals surface area contributed by atoms with Crippen molar-refractivity contribution in [2.75, 3.05) is 13.1 Å². The maximum atomic E-state index is 12.3. The second-order valence-electron chi connectivity index (χ2n) is 5.80. The van der Waals surface area contributed by atoms with Crippen molar-refractivity contribution in [1.29, 1.82) is 0 Å². The fraction of sp³-hybridized carbons (Fsp3) is 0.562. The Bertz CT molecular complexity index is 585. The van der Waals surface area contributed by atoms with Crippen molar-refractivity contribution in [3.05, 3.63) is 35.3 Å². The molecule has 0 radical (unpaired) electrons. The van der Waals surface area contributed by atoms with Gasteiger partial charge in [-0.2, -0.15) is 4.31 Å². The predicted octanol–water partition coefficient (Wildman–Crippen LogP) is 2.16. The van der Waals surface area contributed by atoms with E-state index in [1.54, 1.807) is 26.0 Å². The summed E-state index contributed by atoms with van der Waals surface area (Å²) in [5.41, 5.74) is -0.352. The molecule has 124 valence electrons. The highest BCUT2D eigenvalue weighted by Crippen LogP contribution is 2.23. The first-order chi connectivity index (χ1) is 10.2. The van der Waals surface area contributed by atoms with Crippen LogP contribution in [0.5, 0.6) is 0 Å². The zero-order chi connectivity index (χ0) is 16.8. The molecule has 0 amide bonds. The van der Waals surface area contributed by atoms with Gasteiger partial charge in [0.2, 0.25) is 10.0 Å². The molecule has 0 spiro atoms. The van der Waals surface area contributed by atoms with E-state index in [9.17, 15) is 18.3 Å². The monoisotopic (exact) mass is 327 g/mol. The van der Waals surface area contributed by atoms with Gasteiger partial charge in [0.1, 0.15) is 0 Å². The summed E-state index contributed by atoms with van der Waals surface area (Å²) in [6.45, 7) is 5.67. The highest BCUT2D eigenvalue weighted by molar-refractivity contribution is 7.92. The number of Topliss-reactive ketones (excluding diaryl/α,β-unsaturated/α-hetero) is 1. The minimum Gasteiger partial charge on any atom is -0.390 e. The maximum absolute atomic E-state index is 12.3. The van der Waals surface area contributed by atoms with E-state index >= 15 is 0 Å². The van der Waals surface area contributed by atoms with Gasteiger partial charge in [-0.15, -0.1) is 0 Å². The maximum Gasteiger partial charge on any atom is 0.236 e. The van der Waals surface area contributed by atoms with Crippen LogP contribution in [0.25, 0.3) is 0 Å². The summed E-state index contributed by atoms with van der Waals surface area (Å²) in [5.74, 6) is -0.119. The van der Waals surface area contributed by atoms with Crippen molar-refractivity contribution >= 4 is 15.8 Å². The summed E-state index contributed by atoms with van der Waals surface area (Å²) in [6, 6.07) is 0. The van der Waals surface area contributed by atoms with Gasteiger partial charge in [-0.05, 0) is 46.1 Å². The molecule has 0 aliphatic carbocycles. The molecule has 6 heteroatoms. The van der Waals surface area contributed by atoms with Crippen LogP contribution >= 0.6 is 0 Å². The summed E-state index contributed by atoms with van der Waals surface area (Å²) in [6.07, 6.45) is 7.90. The first-order valence-corrected chi connectivity index (χ1v) is 8.93. The second-order valence-corrected chi connectivity index (χ2v) is 7.62. The van der Waals surface area contributed by atoms with Gasteiger partial charge in [0.05, 0.1) is 5.60 Å². The number of carbonyl (C=O) groups excluding carboxylic acids is 1. The van der Waals surface area contributed by atoms with Crippen LogP contribution < -0.4 is 0 Å². The number of allylic oxidation sites excluding steroid dienone is 5. The van der Waals surface area contributed by atoms with Gasteiger partial charge in [0, 0.05) is 24.1 Å². The third-order valence-corrected chi connectivity index (χ3v) is 5.25.